The topological polar surface area (TPSA) is 49.9 Å². The van der Waals surface area contributed by atoms with Crippen molar-refractivity contribution < 1.29 is 14.3 Å². The van der Waals surface area contributed by atoms with E-state index in [0.29, 0.717) is 32.6 Å². The number of hydrogen-bond donors (Lipinski definition) is 0. The Morgan fingerprint density at radius 1 is 1.03 bits per heavy atom. The molecule has 0 N–H and O–H groups in total. The minimum Gasteiger partial charge on any atom is -0.496 e. The molecule has 2 amide bonds. The molecule has 5 heteroatoms. The van der Waals surface area contributed by atoms with E-state index in [1.165, 1.54) is 0 Å². The Morgan fingerprint density at radius 3 is 2.52 bits per heavy atom. The monoisotopic (exact) mass is 446 g/mol. The van der Waals surface area contributed by atoms with Gasteiger partial charge in [-0.15, -0.1) is 0 Å². The average Bonchev–Trinajstić information content (AvgIpc) is 3.03. The number of amides is 2. The van der Waals surface area contributed by atoms with E-state index in [-0.39, 0.29) is 23.7 Å². The quantitative estimate of drug-likeness (QED) is 0.611. The van der Waals surface area contributed by atoms with E-state index >= 15 is 0 Å². The summed E-state index contributed by atoms with van der Waals surface area (Å²) in [4.78, 5) is 30.6. The van der Waals surface area contributed by atoms with E-state index in [1.807, 2.05) is 47.1 Å². The average molecular weight is 447 g/mol. The van der Waals surface area contributed by atoms with Crippen LogP contribution in [0.15, 0.2) is 60.7 Å². The highest BCUT2D eigenvalue weighted by Gasteiger charge is 2.34. The van der Waals surface area contributed by atoms with Crippen LogP contribution >= 0.6 is 0 Å². The fourth-order valence-corrected chi connectivity index (χ4v) is 5.08. The van der Waals surface area contributed by atoms with E-state index in [9.17, 15) is 9.59 Å². The van der Waals surface area contributed by atoms with Crippen LogP contribution in [0.2, 0.25) is 0 Å². The van der Waals surface area contributed by atoms with Crippen LogP contribution in [0.5, 0.6) is 5.75 Å². The summed E-state index contributed by atoms with van der Waals surface area (Å²) in [5.41, 5.74) is 3.20. The molecule has 0 aromatic heterocycles. The normalized spacial score (nSPS) is 21.1. The Hall–Kier alpha value is -3.08. The summed E-state index contributed by atoms with van der Waals surface area (Å²) in [6.45, 7) is 4.38. The van der Waals surface area contributed by atoms with Gasteiger partial charge in [-0.2, -0.15) is 0 Å². The number of ether oxygens (including phenoxy) is 1. The fraction of sp³-hybridized carbons (Fsp3) is 0.429. The maximum atomic E-state index is 13.4. The van der Waals surface area contributed by atoms with Gasteiger partial charge in [0.2, 0.25) is 11.8 Å². The van der Waals surface area contributed by atoms with Gasteiger partial charge in [0.05, 0.1) is 13.0 Å². The first-order chi connectivity index (χ1) is 16.1. The van der Waals surface area contributed by atoms with E-state index in [0.717, 1.165) is 41.7 Å². The zero-order valence-corrected chi connectivity index (χ0v) is 19.7. The van der Waals surface area contributed by atoms with Crippen LogP contribution in [0.3, 0.4) is 0 Å². The molecule has 0 unspecified atom stereocenters. The van der Waals surface area contributed by atoms with E-state index in [2.05, 4.69) is 30.4 Å². The lowest BCUT2D eigenvalue weighted by atomic mass is 9.90. The molecule has 1 aliphatic heterocycles. The zero-order valence-electron chi connectivity index (χ0n) is 19.7. The summed E-state index contributed by atoms with van der Waals surface area (Å²) in [6.07, 6.45) is 7.54. The van der Waals surface area contributed by atoms with Gasteiger partial charge < -0.3 is 14.5 Å². The largest absolute Gasteiger partial charge is 0.496 e. The lowest BCUT2D eigenvalue weighted by Crippen LogP contribution is -2.41. The van der Waals surface area contributed by atoms with Crippen molar-refractivity contribution in [3.8, 4) is 16.9 Å². The van der Waals surface area contributed by atoms with Gasteiger partial charge in [0.25, 0.3) is 0 Å². The first-order valence-corrected chi connectivity index (χ1v) is 12.1. The van der Waals surface area contributed by atoms with Crippen molar-refractivity contribution in [1.29, 1.82) is 0 Å². The third-order valence-electron chi connectivity index (χ3n) is 6.93. The van der Waals surface area contributed by atoms with E-state index in [4.69, 9.17) is 4.74 Å². The molecule has 0 radical (unpaired) electrons. The second kappa shape index (κ2) is 10.7. The molecule has 1 saturated heterocycles. The van der Waals surface area contributed by atoms with Gasteiger partial charge in [-0.25, -0.2) is 0 Å². The Balaban J connectivity index is 1.62. The van der Waals surface area contributed by atoms with Crippen LogP contribution in [0.25, 0.3) is 11.1 Å². The molecule has 4 rings (SSSR count). The fourth-order valence-electron chi connectivity index (χ4n) is 5.08. The van der Waals surface area contributed by atoms with Crippen LogP contribution in [0, 0.1) is 11.8 Å². The molecule has 2 aromatic carbocycles. The van der Waals surface area contributed by atoms with E-state index < -0.39 is 0 Å². The van der Waals surface area contributed by atoms with Gasteiger partial charge in [-0.3, -0.25) is 9.59 Å². The van der Waals surface area contributed by atoms with Gasteiger partial charge >= 0.3 is 0 Å². The molecular formula is C28H34N2O3. The third-order valence-corrected chi connectivity index (χ3v) is 6.93. The molecule has 1 heterocycles. The van der Waals surface area contributed by atoms with Crippen molar-refractivity contribution in [2.24, 2.45) is 11.8 Å². The van der Waals surface area contributed by atoms with Crippen molar-refractivity contribution in [3.63, 3.8) is 0 Å². The first-order valence-electron chi connectivity index (χ1n) is 12.1. The number of para-hydroxylation sites is 1. The van der Waals surface area contributed by atoms with E-state index in [1.54, 1.807) is 7.11 Å². The molecule has 2 atom stereocenters. The number of benzene rings is 2. The summed E-state index contributed by atoms with van der Waals surface area (Å²) in [5, 5.41) is 0. The number of carbonyl (C=O) groups is 2. The van der Waals surface area contributed by atoms with Gasteiger partial charge in [0.1, 0.15) is 5.75 Å². The zero-order chi connectivity index (χ0) is 23.2. The lowest BCUT2D eigenvalue weighted by Gasteiger charge is -2.28. The first kappa shape index (κ1) is 23.1. The lowest BCUT2D eigenvalue weighted by molar-refractivity contribution is -0.136. The molecule has 33 heavy (non-hydrogen) atoms. The second-order valence-electron chi connectivity index (χ2n) is 8.94. The minimum absolute atomic E-state index is 0.0415. The SMILES string of the molecule is CCN1CCN(C(=O)[C@H]2CC=CCC2)C[C@@H](Cc2ccccc2-c2ccccc2OC)C1=O. The second-order valence-corrected chi connectivity index (χ2v) is 8.94. The molecule has 1 aliphatic carbocycles. The highest BCUT2D eigenvalue weighted by Crippen LogP contribution is 2.34. The molecule has 2 aromatic rings. The summed E-state index contributed by atoms with van der Waals surface area (Å²) in [7, 11) is 1.68. The number of nitrogens with zero attached hydrogens (tertiary/aromatic N) is 2. The van der Waals surface area contributed by atoms with Crippen LogP contribution in [0.4, 0.5) is 0 Å². The van der Waals surface area contributed by atoms with Crippen molar-refractivity contribution >= 4 is 11.8 Å². The maximum Gasteiger partial charge on any atom is 0.227 e. The highest BCUT2D eigenvalue weighted by molar-refractivity contribution is 5.84. The van der Waals surface area contributed by atoms with Crippen LogP contribution < -0.4 is 4.74 Å². The molecule has 0 spiro atoms. The predicted octanol–water partition coefficient (Wildman–Crippen LogP) is 4.57. The molecular weight excluding hydrogens is 412 g/mol. The summed E-state index contributed by atoms with van der Waals surface area (Å²) in [5.74, 6) is 0.944. The van der Waals surface area contributed by atoms with Crippen molar-refractivity contribution in [2.75, 3.05) is 33.3 Å². The molecule has 0 saturated carbocycles. The third kappa shape index (κ3) is 5.13. The molecule has 5 nitrogen and oxygen atoms in total. The minimum atomic E-state index is -0.258. The van der Waals surface area contributed by atoms with Gasteiger partial charge in [-0.1, -0.05) is 54.6 Å². The van der Waals surface area contributed by atoms with Crippen molar-refractivity contribution in [2.45, 2.75) is 32.6 Å². The smallest absolute Gasteiger partial charge is 0.227 e. The summed E-state index contributed by atoms with van der Waals surface area (Å²) >= 11 is 0. The molecule has 2 aliphatic rings. The van der Waals surface area contributed by atoms with Crippen molar-refractivity contribution in [1.82, 2.24) is 9.80 Å². The van der Waals surface area contributed by atoms with Gasteiger partial charge in [-0.05, 0) is 49.8 Å². The number of allylic oxidation sites excluding steroid dienone is 2. The molecule has 174 valence electrons. The predicted molar refractivity (Wildman–Crippen MR) is 131 cm³/mol. The number of likely N-dealkylation sites (N-methyl/N-ethyl adjacent to an activating group) is 1. The highest BCUT2D eigenvalue weighted by atomic mass is 16.5. The Labute approximate surface area is 197 Å². The summed E-state index contributed by atoms with van der Waals surface area (Å²) in [6, 6.07) is 16.2. The van der Waals surface area contributed by atoms with Crippen LogP contribution in [0.1, 0.15) is 31.7 Å². The Morgan fingerprint density at radius 2 is 1.79 bits per heavy atom. The summed E-state index contributed by atoms with van der Waals surface area (Å²) < 4.78 is 5.60. The Bertz CT molecular complexity index is 1020. The van der Waals surface area contributed by atoms with Gasteiger partial charge in [0.15, 0.2) is 0 Å². The molecule has 0 bridgehead atoms. The number of rotatable bonds is 6. The van der Waals surface area contributed by atoms with Gasteiger partial charge in [0, 0.05) is 37.7 Å². The number of carbonyl (C=O) groups excluding carboxylic acids is 2. The maximum absolute atomic E-state index is 13.4. The standard InChI is InChI=1S/C28H34N2O3/c1-3-29-17-18-30(27(31)21-11-5-4-6-12-21)20-23(28(29)32)19-22-13-7-8-14-24(22)25-15-9-10-16-26(25)33-2/h4-5,7-10,13-16,21,23H,3,6,11-12,17-20H2,1-2H3/t21-,23+/m0/s1. The Kier molecular flexibility index (Phi) is 7.48. The molecule has 1 fully saturated rings. The number of methoxy groups -OCH3 is 1. The number of hydrogen-bond acceptors (Lipinski definition) is 3. The van der Waals surface area contributed by atoms with Crippen molar-refractivity contribution in [3.05, 3.63) is 66.2 Å². The van der Waals surface area contributed by atoms with Crippen LogP contribution in [-0.4, -0.2) is 54.9 Å². The van der Waals surface area contributed by atoms with Crippen LogP contribution in [-0.2, 0) is 16.0 Å².